The molecule has 172 valence electrons. The minimum absolute atomic E-state index is 0.0292. The number of fused-ring (bicyclic) bond motifs is 1. The third-order valence-electron chi connectivity index (χ3n) is 5.69. The van der Waals surface area contributed by atoms with Crippen LogP contribution < -0.4 is 10.2 Å². The van der Waals surface area contributed by atoms with Gasteiger partial charge in [0, 0.05) is 42.2 Å². The van der Waals surface area contributed by atoms with Crippen LogP contribution >= 0.6 is 0 Å². The van der Waals surface area contributed by atoms with Gasteiger partial charge in [-0.15, -0.1) is 0 Å². The van der Waals surface area contributed by atoms with Gasteiger partial charge in [0.1, 0.15) is 5.82 Å². The van der Waals surface area contributed by atoms with E-state index < -0.39 is 5.82 Å². The Morgan fingerprint density at radius 3 is 2.70 bits per heavy atom. The SMILES string of the molecule is CC(C)c1noc(CCCC(=O)N2CCCc3c(NC(=O)c4ccc(F)cc4)cccc32)n1. The van der Waals surface area contributed by atoms with E-state index in [4.69, 9.17) is 4.52 Å². The zero-order valence-corrected chi connectivity index (χ0v) is 18.8. The summed E-state index contributed by atoms with van der Waals surface area (Å²) < 4.78 is 18.4. The monoisotopic (exact) mass is 450 g/mol. The predicted octanol–water partition coefficient (Wildman–Crippen LogP) is 4.89. The fourth-order valence-electron chi connectivity index (χ4n) is 3.93. The van der Waals surface area contributed by atoms with Crippen LogP contribution in [0.2, 0.25) is 0 Å². The standard InChI is InChI=1S/C25H27FN4O3/c1-16(2)24-28-22(33-29-24)9-4-10-23(31)30-15-5-6-19-20(7-3-8-21(19)30)27-25(32)17-11-13-18(26)14-12-17/h3,7-8,11-14,16H,4-6,9-10,15H2,1-2H3,(H,27,32). The molecule has 0 bridgehead atoms. The number of nitrogens with one attached hydrogen (secondary N) is 1. The van der Waals surface area contributed by atoms with Crippen molar-refractivity contribution in [3.8, 4) is 0 Å². The molecule has 1 aliphatic rings. The Balaban J connectivity index is 1.42. The molecule has 0 spiro atoms. The molecule has 2 aromatic carbocycles. The highest BCUT2D eigenvalue weighted by Gasteiger charge is 2.25. The number of carbonyl (C=O) groups is 2. The molecular formula is C25H27FN4O3. The van der Waals surface area contributed by atoms with Gasteiger partial charge in [-0.3, -0.25) is 9.59 Å². The summed E-state index contributed by atoms with van der Waals surface area (Å²) in [5.41, 5.74) is 2.81. The molecule has 7 nitrogen and oxygen atoms in total. The number of rotatable bonds is 7. The van der Waals surface area contributed by atoms with Crippen LogP contribution in [0.15, 0.2) is 47.0 Å². The zero-order valence-electron chi connectivity index (χ0n) is 18.8. The molecule has 0 unspecified atom stereocenters. The van der Waals surface area contributed by atoms with Gasteiger partial charge in [-0.05, 0) is 61.2 Å². The average Bonchev–Trinajstić information content (AvgIpc) is 3.28. The summed E-state index contributed by atoms with van der Waals surface area (Å²) in [6.45, 7) is 4.64. The number of nitrogens with zero attached hydrogens (tertiary/aromatic N) is 3. The van der Waals surface area contributed by atoms with Gasteiger partial charge in [-0.2, -0.15) is 4.98 Å². The Kier molecular flexibility index (Phi) is 6.82. The molecule has 2 amide bonds. The van der Waals surface area contributed by atoms with Crippen LogP contribution in [-0.2, 0) is 17.6 Å². The first-order valence-corrected chi connectivity index (χ1v) is 11.2. The van der Waals surface area contributed by atoms with Crippen molar-refractivity contribution in [2.45, 2.75) is 51.9 Å². The maximum Gasteiger partial charge on any atom is 0.255 e. The van der Waals surface area contributed by atoms with E-state index >= 15 is 0 Å². The molecule has 0 aliphatic carbocycles. The number of aryl methyl sites for hydroxylation is 1. The Hall–Kier alpha value is -3.55. The topological polar surface area (TPSA) is 88.3 Å². The van der Waals surface area contributed by atoms with Crippen molar-refractivity contribution in [1.82, 2.24) is 10.1 Å². The first-order valence-electron chi connectivity index (χ1n) is 11.2. The second kappa shape index (κ2) is 9.94. The van der Waals surface area contributed by atoms with Crippen LogP contribution in [0.3, 0.4) is 0 Å². The molecular weight excluding hydrogens is 423 g/mol. The molecule has 2 heterocycles. The summed E-state index contributed by atoms with van der Waals surface area (Å²) in [5, 5.41) is 6.87. The molecule has 1 N–H and O–H groups in total. The zero-order chi connectivity index (χ0) is 23.4. The molecule has 1 aliphatic heterocycles. The van der Waals surface area contributed by atoms with E-state index in [0.29, 0.717) is 48.8 Å². The van der Waals surface area contributed by atoms with Crippen molar-refractivity contribution in [1.29, 1.82) is 0 Å². The fourth-order valence-corrected chi connectivity index (χ4v) is 3.93. The lowest BCUT2D eigenvalue weighted by Gasteiger charge is -2.31. The molecule has 4 rings (SSSR count). The van der Waals surface area contributed by atoms with Gasteiger partial charge in [0.05, 0.1) is 0 Å². The van der Waals surface area contributed by atoms with E-state index in [1.54, 1.807) is 4.90 Å². The van der Waals surface area contributed by atoms with Crippen LogP contribution in [0, 0.1) is 5.82 Å². The lowest BCUT2D eigenvalue weighted by molar-refractivity contribution is -0.118. The second-order valence-corrected chi connectivity index (χ2v) is 8.47. The van der Waals surface area contributed by atoms with Crippen molar-refractivity contribution in [3.63, 3.8) is 0 Å². The van der Waals surface area contributed by atoms with Gasteiger partial charge in [0.15, 0.2) is 5.82 Å². The predicted molar refractivity (Wildman–Crippen MR) is 123 cm³/mol. The van der Waals surface area contributed by atoms with Crippen LogP contribution in [-0.4, -0.2) is 28.5 Å². The summed E-state index contributed by atoms with van der Waals surface area (Å²) in [7, 11) is 0. The van der Waals surface area contributed by atoms with Gasteiger partial charge in [-0.1, -0.05) is 25.1 Å². The molecule has 0 saturated heterocycles. The molecule has 33 heavy (non-hydrogen) atoms. The van der Waals surface area contributed by atoms with Gasteiger partial charge < -0.3 is 14.7 Å². The van der Waals surface area contributed by atoms with Crippen molar-refractivity contribution < 1.29 is 18.5 Å². The third-order valence-corrected chi connectivity index (χ3v) is 5.69. The van der Waals surface area contributed by atoms with E-state index in [1.807, 2.05) is 32.0 Å². The summed E-state index contributed by atoms with van der Waals surface area (Å²) in [6.07, 6.45) is 3.11. The normalized spacial score (nSPS) is 13.2. The summed E-state index contributed by atoms with van der Waals surface area (Å²) in [4.78, 5) is 31.8. The minimum atomic E-state index is -0.391. The van der Waals surface area contributed by atoms with Crippen LogP contribution in [0.1, 0.15) is 66.7 Å². The number of amides is 2. The van der Waals surface area contributed by atoms with Crippen LogP contribution in [0.4, 0.5) is 15.8 Å². The number of halogens is 1. The summed E-state index contributed by atoms with van der Waals surface area (Å²) in [6, 6.07) is 11.0. The Morgan fingerprint density at radius 1 is 1.18 bits per heavy atom. The molecule has 0 radical (unpaired) electrons. The maximum absolute atomic E-state index is 13.2. The minimum Gasteiger partial charge on any atom is -0.339 e. The number of anilines is 2. The van der Waals surface area contributed by atoms with Crippen molar-refractivity contribution in [3.05, 3.63) is 71.1 Å². The van der Waals surface area contributed by atoms with Crippen LogP contribution in [0.25, 0.3) is 0 Å². The van der Waals surface area contributed by atoms with E-state index in [1.165, 1.54) is 24.3 Å². The second-order valence-electron chi connectivity index (χ2n) is 8.47. The number of carbonyl (C=O) groups excluding carboxylic acids is 2. The molecule has 0 saturated carbocycles. The molecule has 3 aromatic rings. The van der Waals surface area contributed by atoms with Crippen molar-refractivity contribution in [2.24, 2.45) is 0 Å². The Labute approximate surface area is 192 Å². The number of hydrogen-bond donors (Lipinski definition) is 1. The number of hydrogen-bond acceptors (Lipinski definition) is 5. The van der Waals surface area contributed by atoms with E-state index in [-0.39, 0.29) is 17.7 Å². The van der Waals surface area contributed by atoms with Gasteiger partial charge >= 0.3 is 0 Å². The van der Waals surface area contributed by atoms with Crippen molar-refractivity contribution >= 4 is 23.2 Å². The summed E-state index contributed by atoms with van der Waals surface area (Å²) in [5.74, 6) is 0.755. The van der Waals surface area contributed by atoms with Gasteiger partial charge in [0.2, 0.25) is 11.8 Å². The van der Waals surface area contributed by atoms with Gasteiger partial charge in [0.25, 0.3) is 5.91 Å². The van der Waals surface area contributed by atoms with E-state index in [9.17, 15) is 14.0 Å². The Morgan fingerprint density at radius 2 is 1.97 bits per heavy atom. The average molecular weight is 451 g/mol. The molecule has 0 atom stereocenters. The first kappa shape index (κ1) is 22.6. The fraction of sp³-hybridized carbons (Fsp3) is 0.360. The maximum atomic E-state index is 13.2. The quantitative estimate of drug-likeness (QED) is 0.554. The summed E-state index contributed by atoms with van der Waals surface area (Å²) >= 11 is 0. The van der Waals surface area contributed by atoms with Gasteiger partial charge in [-0.25, -0.2) is 4.39 Å². The third kappa shape index (κ3) is 5.27. The smallest absolute Gasteiger partial charge is 0.255 e. The number of benzene rings is 2. The highest BCUT2D eigenvalue weighted by atomic mass is 19.1. The highest BCUT2D eigenvalue weighted by Crippen LogP contribution is 2.33. The number of aromatic nitrogens is 2. The lowest BCUT2D eigenvalue weighted by Crippen LogP contribution is -2.35. The lowest BCUT2D eigenvalue weighted by atomic mass is 9.98. The van der Waals surface area contributed by atoms with Crippen molar-refractivity contribution in [2.75, 3.05) is 16.8 Å². The van der Waals surface area contributed by atoms with E-state index in [0.717, 1.165) is 24.1 Å². The van der Waals surface area contributed by atoms with E-state index in [2.05, 4.69) is 15.5 Å². The molecule has 1 aromatic heterocycles. The molecule has 0 fully saturated rings. The molecule has 8 heteroatoms. The highest BCUT2D eigenvalue weighted by molar-refractivity contribution is 6.05. The largest absolute Gasteiger partial charge is 0.339 e. The Bertz CT molecular complexity index is 1140. The van der Waals surface area contributed by atoms with Crippen LogP contribution in [0.5, 0.6) is 0 Å². The first-order chi connectivity index (χ1) is 15.9.